The number of piperidine rings is 1. The SMILES string of the molecule is CC1(C(N)=S)CCN(C(=O)CCCc2cccs2)CC1. The van der Waals surface area contributed by atoms with E-state index in [1.165, 1.54) is 4.88 Å². The van der Waals surface area contributed by atoms with Gasteiger partial charge in [0.25, 0.3) is 0 Å². The zero-order valence-electron chi connectivity index (χ0n) is 11.9. The van der Waals surface area contributed by atoms with Crippen LogP contribution in [-0.2, 0) is 11.2 Å². The molecule has 1 aliphatic heterocycles. The second-order valence-corrected chi connectivity index (χ2v) is 7.21. The zero-order chi connectivity index (χ0) is 14.6. The lowest BCUT2D eigenvalue weighted by atomic mass is 9.80. The van der Waals surface area contributed by atoms with Crippen LogP contribution in [0.1, 0.15) is 37.5 Å². The fourth-order valence-corrected chi connectivity index (χ4v) is 3.48. The molecular formula is C15H22N2OS2. The predicted molar refractivity (Wildman–Crippen MR) is 88.0 cm³/mol. The third kappa shape index (κ3) is 3.79. The molecule has 0 spiro atoms. The van der Waals surface area contributed by atoms with Gasteiger partial charge in [0.05, 0.1) is 4.99 Å². The van der Waals surface area contributed by atoms with Crippen molar-refractivity contribution in [3.63, 3.8) is 0 Å². The highest BCUT2D eigenvalue weighted by Gasteiger charge is 2.33. The van der Waals surface area contributed by atoms with Crippen LogP contribution in [0.3, 0.4) is 0 Å². The van der Waals surface area contributed by atoms with Crippen LogP contribution in [-0.4, -0.2) is 28.9 Å². The number of amides is 1. The van der Waals surface area contributed by atoms with Crippen molar-refractivity contribution >= 4 is 34.5 Å². The number of rotatable bonds is 5. The van der Waals surface area contributed by atoms with Crippen molar-refractivity contribution in [2.45, 2.75) is 39.0 Å². The van der Waals surface area contributed by atoms with Gasteiger partial charge in [-0.2, -0.15) is 0 Å². The van der Waals surface area contributed by atoms with Gasteiger partial charge in [0.1, 0.15) is 0 Å². The monoisotopic (exact) mass is 310 g/mol. The lowest BCUT2D eigenvalue weighted by molar-refractivity contribution is -0.132. The minimum Gasteiger partial charge on any atom is -0.393 e. The van der Waals surface area contributed by atoms with Crippen LogP contribution < -0.4 is 5.73 Å². The molecule has 5 heteroatoms. The number of thiophene rings is 1. The number of hydrogen-bond donors (Lipinski definition) is 1. The van der Waals surface area contributed by atoms with E-state index in [-0.39, 0.29) is 11.3 Å². The Morgan fingerprint density at radius 3 is 2.75 bits per heavy atom. The summed E-state index contributed by atoms with van der Waals surface area (Å²) in [6.07, 6.45) is 4.35. The predicted octanol–water partition coefficient (Wildman–Crippen LogP) is 2.99. The van der Waals surface area contributed by atoms with Crippen LogP contribution in [0.25, 0.3) is 0 Å². The molecule has 0 radical (unpaired) electrons. The lowest BCUT2D eigenvalue weighted by Gasteiger charge is -2.38. The average Bonchev–Trinajstić information content (AvgIpc) is 2.92. The minimum absolute atomic E-state index is 0.0664. The quantitative estimate of drug-likeness (QED) is 0.851. The van der Waals surface area contributed by atoms with Crippen molar-refractivity contribution in [3.8, 4) is 0 Å². The highest BCUT2D eigenvalue weighted by molar-refractivity contribution is 7.80. The molecule has 20 heavy (non-hydrogen) atoms. The summed E-state index contributed by atoms with van der Waals surface area (Å²) in [5, 5.41) is 2.08. The maximum Gasteiger partial charge on any atom is 0.222 e. The summed E-state index contributed by atoms with van der Waals surface area (Å²) in [5.41, 5.74) is 5.72. The zero-order valence-corrected chi connectivity index (χ0v) is 13.6. The van der Waals surface area contributed by atoms with E-state index in [1.54, 1.807) is 11.3 Å². The first-order chi connectivity index (χ1) is 9.51. The molecule has 1 aromatic rings. The number of nitrogens with two attached hydrogens (primary N) is 1. The number of hydrogen-bond acceptors (Lipinski definition) is 3. The van der Waals surface area contributed by atoms with Crippen molar-refractivity contribution in [3.05, 3.63) is 22.4 Å². The molecule has 0 unspecified atom stereocenters. The first-order valence-electron chi connectivity index (χ1n) is 7.11. The molecule has 2 rings (SSSR count). The van der Waals surface area contributed by atoms with Gasteiger partial charge >= 0.3 is 0 Å². The van der Waals surface area contributed by atoms with E-state index in [0.29, 0.717) is 11.4 Å². The highest BCUT2D eigenvalue weighted by Crippen LogP contribution is 2.31. The highest BCUT2D eigenvalue weighted by atomic mass is 32.1. The molecule has 110 valence electrons. The summed E-state index contributed by atoms with van der Waals surface area (Å²) in [7, 11) is 0. The number of aryl methyl sites for hydroxylation is 1. The Balaban J connectivity index is 1.73. The molecule has 3 nitrogen and oxygen atoms in total. The number of likely N-dealkylation sites (tertiary alicyclic amines) is 1. The number of nitrogens with zero attached hydrogens (tertiary/aromatic N) is 1. The first kappa shape index (κ1) is 15.4. The van der Waals surface area contributed by atoms with Gasteiger partial charge in [-0.1, -0.05) is 25.2 Å². The van der Waals surface area contributed by atoms with Crippen molar-refractivity contribution in [1.29, 1.82) is 0 Å². The third-order valence-electron chi connectivity index (χ3n) is 4.21. The second kappa shape index (κ2) is 6.68. The molecule has 0 atom stereocenters. The van der Waals surface area contributed by atoms with Gasteiger partial charge in [-0.15, -0.1) is 11.3 Å². The lowest BCUT2D eigenvalue weighted by Crippen LogP contribution is -2.46. The van der Waals surface area contributed by atoms with Crippen molar-refractivity contribution in [2.75, 3.05) is 13.1 Å². The Hall–Kier alpha value is -0.940. The van der Waals surface area contributed by atoms with Gasteiger partial charge in [0, 0.05) is 29.8 Å². The minimum atomic E-state index is -0.0664. The van der Waals surface area contributed by atoms with Gasteiger partial charge in [-0.25, -0.2) is 0 Å². The number of carbonyl (C=O) groups is 1. The van der Waals surface area contributed by atoms with E-state index in [1.807, 2.05) is 4.90 Å². The summed E-state index contributed by atoms with van der Waals surface area (Å²) in [6.45, 7) is 3.67. The van der Waals surface area contributed by atoms with Gasteiger partial charge in [0.15, 0.2) is 0 Å². The molecule has 0 bridgehead atoms. The van der Waals surface area contributed by atoms with Gasteiger partial charge < -0.3 is 10.6 Å². The molecule has 1 aromatic heterocycles. The van der Waals surface area contributed by atoms with Crippen LogP contribution >= 0.6 is 23.6 Å². The van der Waals surface area contributed by atoms with E-state index in [4.69, 9.17) is 18.0 Å². The number of carbonyl (C=O) groups excluding carboxylic acids is 1. The van der Waals surface area contributed by atoms with E-state index in [0.717, 1.165) is 38.8 Å². The molecule has 2 N–H and O–H groups in total. The second-order valence-electron chi connectivity index (χ2n) is 5.74. The normalized spacial score (nSPS) is 17.9. The molecule has 1 saturated heterocycles. The van der Waals surface area contributed by atoms with Gasteiger partial charge in [-0.3, -0.25) is 4.79 Å². The van der Waals surface area contributed by atoms with Crippen molar-refractivity contribution in [1.82, 2.24) is 4.90 Å². The number of thiocarbonyl (C=S) groups is 1. The van der Waals surface area contributed by atoms with Crippen molar-refractivity contribution < 1.29 is 4.79 Å². The van der Waals surface area contributed by atoms with Gasteiger partial charge in [-0.05, 0) is 37.1 Å². The van der Waals surface area contributed by atoms with Crippen LogP contribution in [0.2, 0.25) is 0 Å². The topological polar surface area (TPSA) is 46.3 Å². The first-order valence-corrected chi connectivity index (χ1v) is 8.40. The van der Waals surface area contributed by atoms with E-state index in [2.05, 4.69) is 24.4 Å². The van der Waals surface area contributed by atoms with Crippen LogP contribution in [0.5, 0.6) is 0 Å². The Bertz CT molecular complexity index is 462. The molecule has 1 amide bonds. The third-order valence-corrected chi connectivity index (χ3v) is 5.64. The summed E-state index contributed by atoms with van der Waals surface area (Å²) in [5.74, 6) is 0.270. The molecule has 2 heterocycles. The van der Waals surface area contributed by atoms with E-state index < -0.39 is 0 Å². The fraction of sp³-hybridized carbons (Fsp3) is 0.600. The molecule has 1 aliphatic rings. The Kier molecular flexibility index (Phi) is 5.16. The Labute approximate surface area is 130 Å². The van der Waals surface area contributed by atoms with Crippen molar-refractivity contribution in [2.24, 2.45) is 11.1 Å². The molecule has 0 aliphatic carbocycles. The van der Waals surface area contributed by atoms with E-state index >= 15 is 0 Å². The average molecular weight is 310 g/mol. The molecule has 1 fully saturated rings. The Morgan fingerprint density at radius 1 is 1.50 bits per heavy atom. The standard InChI is InChI=1S/C15H22N2OS2/c1-15(14(16)19)7-9-17(10-8-15)13(18)6-2-4-12-5-3-11-20-12/h3,5,11H,2,4,6-10H2,1H3,(H2,16,19). The smallest absolute Gasteiger partial charge is 0.222 e. The summed E-state index contributed by atoms with van der Waals surface area (Å²) >= 11 is 6.88. The molecular weight excluding hydrogens is 288 g/mol. The fourth-order valence-electron chi connectivity index (χ4n) is 2.52. The van der Waals surface area contributed by atoms with Gasteiger partial charge in [0.2, 0.25) is 5.91 Å². The summed E-state index contributed by atoms with van der Waals surface area (Å²) < 4.78 is 0. The summed E-state index contributed by atoms with van der Waals surface area (Å²) in [6, 6.07) is 4.19. The summed E-state index contributed by atoms with van der Waals surface area (Å²) in [4.78, 5) is 16.1. The molecule has 0 saturated carbocycles. The molecule has 0 aromatic carbocycles. The van der Waals surface area contributed by atoms with Crippen LogP contribution in [0.15, 0.2) is 17.5 Å². The largest absolute Gasteiger partial charge is 0.393 e. The van der Waals surface area contributed by atoms with E-state index in [9.17, 15) is 4.79 Å². The van der Waals surface area contributed by atoms with Crippen LogP contribution in [0, 0.1) is 5.41 Å². The Morgan fingerprint density at radius 2 is 2.20 bits per heavy atom. The van der Waals surface area contributed by atoms with Crippen LogP contribution in [0.4, 0.5) is 0 Å². The maximum atomic E-state index is 12.2. The maximum absolute atomic E-state index is 12.2.